The number of imidazole rings is 1. The fourth-order valence-electron chi connectivity index (χ4n) is 2.69. The fourth-order valence-corrected chi connectivity index (χ4v) is 2.69. The van der Waals surface area contributed by atoms with Gasteiger partial charge < -0.3 is 9.47 Å². The van der Waals surface area contributed by atoms with Crippen molar-refractivity contribution >= 4 is 17.8 Å². The molecule has 0 radical (unpaired) electrons. The van der Waals surface area contributed by atoms with Crippen molar-refractivity contribution in [3.05, 3.63) is 59.0 Å². The number of nitrogens with zero attached hydrogens (tertiary/aromatic N) is 3. The second-order valence-corrected chi connectivity index (χ2v) is 5.79. The summed E-state index contributed by atoms with van der Waals surface area (Å²) in [7, 11) is 3.14. The summed E-state index contributed by atoms with van der Waals surface area (Å²) < 4.78 is 12.2. The fraction of sp³-hybridized carbons (Fsp3) is 0.211. The quantitative estimate of drug-likeness (QED) is 0.566. The molecule has 0 atom stereocenters. The lowest BCUT2D eigenvalue weighted by molar-refractivity contribution is 0.0948. The van der Waals surface area contributed by atoms with Crippen LogP contribution in [-0.4, -0.2) is 35.7 Å². The zero-order valence-corrected chi connectivity index (χ0v) is 15.1. The zero-order valence-electron chi connectivity index (χ0n) is 15.1. The number of rotatable bonds is 5. The molecular weight excluding hydrogens is 332 g/mol. The van der Waals surface area contributed by atoms with Crippen molar-refractivity contribution in [1.82, 2.24) is 14.8 Å². The molecule has 0 saturated carbocycles. The van der Waals surface area contributed by atoms with E-state index in [1.54, 1.807) is 43.9 Å². The Morgan fingerprint density at radius 1 is 1.15 bits per heavy atom. The third-order valence-electron chi connectivity index (χ3n) is 3.96. The molecule has 0 bridgehead atoms. The molecule has 2 aromatic heterocycles. The van der Waals surface area contributed by atoms with Crippen LogP contribution in [0.5, 0.6) is 11.5 Å². The van der Waals surface area contributed by atoms with Crippen LogP contribution < -0.4 is 14.9 Å². The average Bonchev–Trinajstić information content (AvgIpc) is 2.96. The smallest absolute Gasteiger partial charge is 0.290 e. The highest BCUT2D eigenvalue weighted by molar-refractivity contribution is 5.95. The SMILES string of the molecule is COc1ccc(C=NNC(=O)c2c(C)nc3cc(C)ccn23)cc1OC. The summed E-state index contributed by atoms with van der Waals surface area (Å²) in [4.78, 5) is 16.9. The average molecular weight is 352 g/mol. The Morgan fingerprint density at radius 3 is 2.65 bits per heavy atom. The molecule has 1 N–H and O–H groups in total. The molecule has 3 aromatic rings. The summed E-state index contributed by atoms with van der Waals surface area (Å²) in [5, 5.41) is 4.03. The first-order chi connectivity index (χ1) is 12.5. The number of hydrazone groups is 1. The summed E-state index contributed by atoms with van der Waals surface area (Å²) >= 11 is 0. The van der Waals surface area contributed by atoms with Gasteiger partial charge in [-0.1, -0.05) is 0 Å². The van der Waals surface area contributed by atoms with Gasteiger partial charge in [0, 0.05) is 6.20 Å². The molecule has 0 spiro atoms. The second-order valence-electron chi connectivity index (χ2n) is 5.79. The molecular formula is C19H20N4O3. The van der Waals surface area contributed by atoms with Crippen LogP contribution in [0.15, 0.2) is 41.6 Å². The van der Waals surface area contributed by atoms with E-state index in [2.05, 4.69) is 15.5 Å². The van der Waals surface area contributed by atoms with Gasteiger partial charge in [0.2, 0.25) is 0 Å². The minimum Gasteiger partial charge on any atom is -0.493 e. The number of carbonyl (C=O) groups is 1. The summed E-state index contributed by atoms with van der Waals surface area (Å²) in [6.45, 7) is 3.78. The highest BCUT2D eigenvalue weighted by atomic mass is 16.5. The van der Waals surface area contributed by atoms with Gasteiger partial charge in [-0.15, -0.1) is 0 Å². The molecule has 0 saturated heterocycles. The number of pyridine rings is 1. The Balaban J connectivity index is 1.79. The molecule has 7 heteroatoms. The summed E-state index contributed by atoms with van der Waals surface area (Å²) in [5.74, 6) is 0.900. The van der Waals surface area contributed by atoms with Gasteiger partial charge in [-0.05, 0) is 55.3 Å². The van der Waals surface area contributed by atoms with Crippen molar-refractivity contribution in [1.29, 1.82) is 0 Å². The van der Waals surface area contributed by atoms with E-state index in [4.69, 9.17) is 9.47 Å². The molecule has 0 aliphatic carbocycles. The number of benzene rings is 1. The van der Waals surface area contributed by atoms with E-state index in [0.717, 1.165) is 16.8 Å². The van der Waals surface area contributed by atoms with E-state index >= 15 is 0 Å². The number of carbonyl (C=O) groups excluding carboxylic acids is 1. The molecule has 7 nitrogen and oxygen atoms in total. The highest BCUT2D eigenvalue weighted by Gasteiger charge is 2.16. The lowest BCUT2D eigenvalue weighted by Gasteiger charge is -2.07. The maximum atomic E-state index is 12.5. The maximum absolute atomic E-state index is 12.5. The number of nitrogens with one attached hydrogen (secondary N) is 1. The van der Waals surface area contributed by atoms with Crippen LogP contribution in [0.4, 0.5) is 0 Å². The van der Waals surface area contributed by atoms with E-state index in [1.165, 1.54) is 0 Å². The minimum atomic E-state index is -0.324. The molecule has 0 unspecified atom stereocenters. The van der Waals surface area contributed by atoms with Crippen LogP contribution in [0.1, 0.15) is 27.3 Å². The Bertz CT molecular complexity index is 992. The van der Waals surface area contributed by atoms with Crippen LogP contribution in [0.25, 0.3) is 5.65 Å². The van der Waals surface area contributed by atoms with Gasteiger partial charge >= 0.3 is 0 Å². The molecule has 3 rings (SSSR count). The van der Waals surface area contributed by atoms with E-state index < -0.39 is 0 Å². The molecule has 1 amide bonds. The predicted molar refractivity (Wildman–Crippen MR) is 99.3 cm³/mol. The van der Waals surface area contributed by atoms with Gasteiger partial charge in [-0.2, -0.15) is 5.10 Å². The Morgan fingerprint density at radius 2 is 1.92 bits per heavy atom. The van der Waals surface area contributed by atoms with Crippen molar-refractivity contribution in [2.75, 3.05) is 14.2 Å². The second kappa shape index (κ2) is 7.26. The molecule has 134 valence electrons. The topological polar surface area (TPSA) is 77.2 Å². The predicted octanol–water partition coefficient (Wildman–Crippen LogP) is 2.73. The largest absolute Gasteiger partial charge is 0.493 e. The van der Waals surface area contributed by atoms with Gasteiger partial charge in [0.1, 0.15) is 11.3 Å². The van der Waals surface area contributed by atoms with E-state index in [-0.39, 0.29) is 5.91 Å². The number of ether oxygens (including phenoxy) is 2. The molecule has 1 aromatic carbocycles. The molecule has 26 heavy (non-hydrogen) atoms. The van der Waals surface area contributed by atoms with Gasteiger partial charge in [-0.25, -0.2) is 10.4 Å². The van der Waals surface area contributed by atoms with Crippen molar-refractivity contribution in [2.24, 2.45) is 5.10 Å². The zero-order chi connectivity index (χ0) is 18.7. The number of hydrogen-bond donors (Lipinski definition) is 1. The van der Waals surface area contributed by atoms with Crippen molar-refractivity contribution in [3.8, 4) is 11.5 Å². The number of fused-ring (bicyclic) bond motifs is 1. The normalized spacial score (nSPS) is 11.1. The molecule has 0 aliphatic rings. The van der Waals surface area contributed by atoms with Crippen molar-refractivity contribution in [3.63, 3.8) is 0 Å². The van der Waals surface area contributed by atoms with Crippen LogP contribution in [0.3, 0.4) is 0 Å². The first kappa shape index (κ1) is 17.5. The van der Waals surface area contributed by atoms with Crippen LogP contribution >= 0.6 is 0 Å². The highest BCUT2D eigenvalue weighted by Crippen LogP contribution is 2.26. The number of hydrogen-bond acceptors (Lipinski definition) is 5. The standard InChI is InChI=1S/C19H20N4O3/c1-12-7-8-23-17(9-12)21-13(2)18(23)19(24)22-20-11-14-5-6-15(25-3)16(10-14)26-4/h5-11H,1-4H3,(H,22,24). The Hall–Kier alpha value is -3.35. The first-order valence-corrected chi connectivity index (χ1v) is 8.04. The monoisotopic (exact) mass is 352 g/mol. The lowest BCUT2D eigenvalue weighted by atomic mass is 10.2. The van der Waals surface area contributed by atoms with Crippen LogP contribution in [0.2, 0.25) is 0 Å². The van der Waals surface area contributed by atoms with Gasteiger partial charge in [0.25, 0.3) is 5.91 Å². The van der Waals surface area contributed by atoms with Crippen LogP contribution in [-0.2, 0) is 0 Å². The first-order valence-electron chi connectivity index (χ1n) is 8.04. The molecule has 2 heterocycles. The summed E-state index contributed by atoms with van der Waals surface area (Å²) in [6.07, 6.45) is 3.38. The van der Waals surface area contributed by atoms with Crippen molar-refractivity contribution in [2.45, 2.75) is 13.8 Å². The summed E-state index contributed by atoms with van der Waals surface area (Å²) in [6, 6.07) is 9.23. The van der Waals surface area contributed by atoms with Crippen LogP contribution in [0, 0.1) is 13.8 Å². The lowest BCUT2D eigenvalue weighted by Crippen LogP contribution is -2.20. The molecule has 0 fully saturated rings. The third-order valence-corrected chi connectivity index (χ3v) is 3.96. The third kappa shape index (κ3) is 3.37. The van der Waals surface area contributed by atoms with E-state index in [9.17, 15) is 4.79 Å². The number of aromatic nitrogens is 2. The molecule has 0 aliphatic heterocycles. The minimum absolute atomic E-state index is 0.324. The van der Waals surface area contributed by atoms with Gasteiger partial charge in [0.15, 0.2) is 11.5 Å². The number of amides is 1. The van der Waals surface area contributed by atoms with Crippen molar-refractivity contribution < 1.29 is 14.3 Å². The maximum Gasteiger partial charge on any atom is 0.290 e. The van der Waals surface area contributed by atoms with Gasteiger partial charge in [0.05, 0.1) is 26.1 Å². The Labute approximate surface area is 151 Å². The Kier molecular flexibility index (Phi) is 4.88. The van der Waals surface area contributed by atoms with E-state index in [0.29, 0.717) is 22.9 Å². The number of aryl methyl sites for hydroxylation is 2. The van der Waals surface area contributed by atoms with E-state index in [1.807, 2.05) is 31.3 Å². The number of methoxy groups -OCH3 is 2. The van der Waals surface area contributed by atoms with Gasteiger partial charge in [-0.3, -0.25) is 9.20 Å². The summed E-state index contributed by atoms with van der Waals surface area (Å²) in [5.41, 5.74) is 6.24.